The number of β-amino-alcohol motifs (C(OH)–C–C–N with tert-alkyl or cyclic N) is 1. The summed E-state index contributed by atoms with van der Waals surface area (Å²) < 4.78 is 26.6. The lowest BCUT2D eigenvalue weighted by Crippen LogP contribution is -2.43. The Kier molecular flexibility index (Phi) is 4.20. The van der Waals surface area contributed by atoms with Gasteiger partial charge in [-0.2, -0.15) is 4.31 Å². The molecule has 20 heavy (non-hydrogen) atoms. The number of sulfonamides is 1. The first-order chi connectivity index (χ1) is 9.24. The van der Waals surface area contributed by atoms with Gasteiger partial charge >= 0.3 is 0 Å². The van der Waals surface area contributed by atoms with Crippen LogP contribution in [0.1, 0.15) is 12.0 Å². The van der Waals surface area contributed by atoms with Crippen LogP contribution in [0.5, 0.6) is 0 Å². The van der Waals surface area contributed by atoms with Crippen molar-refractivity contribution < 1.29 is 13.5 Å². The SMILES string of the molecule is Cc1ccccc1S(=O)(=O)N1CC[C@](O)(CN(C)C)C1. The molecule has 1 saturated heterocycles. The lowest BCUT2D eigenvalue weighted by Gasteiger charge is -2.26. The molecule has 1 atom stereocenters. The average molecular weight is 298 g/mol. The number of aliphatic hydroxyl groups is 1. The van der Waals surface area contributed by atoms with E-state index in [1.165, 1.54) is 4.31 Å². The van der Waals surface area contributed by atoms with Gasteiger partial charge in [-0.1, -0.05) is 18.2 Å². The summed E-state index contributed by atoms with van der Waals surface area (Å²) in [6.45, 7) is 2.77. The highest BCUT2D eigenvalue weighted by Gasteiger charge is 2.42. The fourth-order valence-corrected chi connectivity index (χ4v) is 4.47. The molecule has 1 aliphatic heterocycles. The van der Waals surface area contributed by atoms with Crippen molar-refractivity contribution in [3.8, 4) is 0 Å². The maximum atomic E-state index is 12.6. The van der Waals surface area contributed by atoms with Crippen LogP contribution in [0, 0.1) is 6.92 Å². The van der Waals surface area contributed by atoms with E-state index >= 15 is 0 Å². The summed E-state index contributed by atoms with van der Waals surface area (Å²) >= 11 is 0. The summed E-state index contributed by atoms with van der Waals surface area (Å²) in [5, 5.41) is 10.5. The normalized spacial score (nSPS) is 24.4. The van der Waals surface area contributed by atoms with E-state index in [1.54, 1.807) is 25.1 Å². The van der Waals surface area contributed by atoms with E-state index in [9.17, 15) is 13.5 Å². The fraction of sp³-hybridized carbons (Fsp3) is 0.571. The van der Waals surface area contributed by atoms with Gasteiger partial charge in [-0.25, -0.2) is 8.42 Å². The molecule has 1 aromatic rings. The molecular weight excluding hydrogens is 276 g/mol. The van der Waals surface area contributed by atoms with Gasteiger partial charge in [0.2, 0.25) is 10.0 Å². The van der Waals surface area contributed by atoms with Crippen LogP contribution in [-0.2, 0) is 10.0 Å². The quantitative estimate of drug-likeness (QED) is 0.888. The molecule has 1 aromatic carbocycles. The zero-order valence-electron chi connectivity index (χ0n) is 12.2. The van der Waals surface area contributed by atoms with Crippen molar-refractivity contribution in [3.05, 3.63) is 29.8 Å². The third-order valence-corrected chi connectivity index (χ3v) is 5.62. The Bertz CT molecular complexity index is 586. The molecular formula is C14H22N2O3S. The van der Waals surface area contributed by atoms with Crippen LogP contribution in [0.2, 0.25) is 0 Å². The Hall–Kier alpha value is -0.950. The third kappa shape index (κ3) is 3.03. The highest BCUT2D eigenvalue weighted by atomic mass is 32.2. The topological polar surface area (TPSA) is 60.9 Å². The van der Waals surface area contributed by atoms with Crippen LogP contribution in [0.3, 0.4) is 0 Å². The number of hydrogen-bond acceptors (Lipinski definition) is 4. The molecule has 0 bridgehead atoms. The summed E-state index contributed by atoms with van der Waals surface area (Å²) in [5.74, 6) is 0. The molecule has 0 saturated carbocycles. The minimum atomic E-state index is -3.52. The molecule has 1 fully saturated rings. The van der Waals surface area contributed by atoms with Crippen LogP contribution in [-0.4, -0.2) is 62.1 Å². The molecule has 1 aliphatic rings. The van der Waals surface area contributed by atoms with E-state index < -0.39 is 15.6 Å². The molecule has 0 spiro atoms. The van der Waals surface area contributed by atoms with Gasteiger partial charge in [0.05, 0.1) is 10.5 Å². The Labute approximate surface area is 120 Å². The van der Waals surface area contributed by atoms with Crippen LogP contribution in [0.15, 0.2) is 29.2 Å². The maximum Gasteiger partial charge on any atom is 0.243 e. The molecule has 5 nitrogen and oxygen atoms in total. The molecule has 0 unspecified atom stereocenters. The Morgan fingerprint density at radius 2 is 2.00 bits per heavy atom. The number of hydrogen-bond donors (Lipinski definition) is 1. The van der Waals surface area contributed by atoms with Crippen molar-refractivity contribution in [2.75, 3.05) is 33.7 Å². The highest BCUT2D eigenvalue weighted by molar-refractivity contribution is 7.89. The standard InChI is InChI=1S/C14H22N2O3S/c1-12-6-4-5-7-13(12)20(18,19)16-9-8-14(17,11-16)10-15(2)3/h4-7,17H,8-11H2,1-3H3/t14-/m0/s1. The van der Waals surface area contributed by atoms with Crippen molar-refractivity contribution in [2.45, 2.75) is 23.8 Å². The minimum Gasteiger partial charge on any atom is -0.387 e. The molecule has 112 valence electrons. The summed E-state index contributed by atoms with van der Waals surface area (Å²) in [4.78, 5) is 2.21. The van der Waals surface area contributed by atoms with Gasteiger partial charge < -0.3 is 10.0 Å². The van der Waals surface area contributed by atoms with Gasteiger partial charge in [-0.3, -0.25) is 0 Å². The van der Waals surface area contributed by atoms with E-state index in [2.05, 4.69) is 0 Å². The van der Waals surface area contributed by atoms with Gasteiger partial charge in [0.15, 0.2) is 0 Å². The van der Waals surface area contributed by atoms with Crippen molar-refractivity contribution in [1.82, 2.24) is 9.21 Å². The van der Waals surface area contributed by atoms with Crippen LogP contribution in [0.4, 0.5) is 0 Å². The van der Waals surface area contributed by atoms with Crippen LogP contribution in [0.25, 0.3) is 0 Å². The van der Waals surface area contributed by atoms with Crippen LogP contribution >= 0.6 is 0 Å². The zero-order chi connectivity index (χ0) is 15.0. The second-order valence-electron chi connectivity index (χ2n) is 5.82. The minimum absolute atomic E-state index is 0.155. The first-order valence-electron chi connectivity index (χ1n) is 6.67. The Morgan fingerprint density at radius 3 is 2.60 bits per heavy atom. The Balaban J connectivity index is 2.23. The van der Waals surface area contributed by atoms with Gasteiger partial charge in [0, 0.05) is 19.6 Å². The number of benzene rings is 1. The Morgan fingerprint density at radius 1 is 1.35 bits per heavy atom. The van der Waals surface area contributed by atoms with Gasteiger partial charge in [-0.05, 0) is 39.1 Å². The first kappa shape index (κ1) is 15.4. The summed E-state index contributed by atoms with van der Waals surface area (Å²) in [5.41, 5.74) is -0.227. The summed E-state index contributed by atoms with van der Waals surface area (Å²) in [7, 11) is 0.222. The number of rotatable bonds is 4. The van der Waals surface area contributed by atoms with Gasteiger partial charge in [0.1, 0.15) is 0 Å². The second kappa shape index (κ2) is 5.44. The average Bonchev–Trinajstić information content (AvgIpc) is 2.71. The highest BCUT2D eigenvalue weighted by Crippen LogP contribution is 2.28. The molecule has 1 heterocycles. The van der Waals surface area contributed by atoms with Crippen molar-refractivity contribution in [3.63, 3.8) is 0 Å². The first-order valence-corrected chi connectivity index (χ1v) is 8.11. The van der Waals surface area contributed by atoms with E-state index in [-0.39, 0.29) is 6.54 Å². The molecule has 0 aromatic heterocycles. The number of nitrogens with zero attached hydrogens (tertiary/aromatic N) is 2. The van der Waals surface area contributed by atoms with Gasteiger partial charge in [-0.15, -0.1) is 0 Å². The maximum absolute atomic E-state index is 12.6. The number of likely N-dealkylation sites (N-methyl/N-ethyl adjacent to an activating group) is 1. The molecule has 1 N–H and O–H groups in total. The fourth-order valence-electron chi connectivity index (χ4n) is 2.73. The molecule has 0 radical (unpaired) electrons. The monoisotopic (exact) mass is 298 g/mol. The van der Waals surface area contributed by atoms with Crippen molar-refractivity contribution in [2.24, 2.45) is 0 Å². The predicted molar refractivity (Wildman–Crippen MR) is 78.1 cm³/mol. The predicted octanol–water partition coefficient (Wildman–Crippen LogP) is 0.682. The molecule has 0 amide bonds. The van der Waals surface area contributed by atoms with Crippen molar-refractivity contribution >= 4 is 10.0 Å². The second-order valence-corrected chi connectivity index (χ2v) is 7.72. The van der Waals surface area contributed by atoms with E-state index in [0.717, 1.165) is 5.56 Å². The zero-order valence-corrected chi connectivity index (χ0v) is 13.0. The summed E-state index contributed by atoms with van der Waals surface area (Å²) in [6, 6.07) is 6.95. The largest absolute Gasteiger partial charge is 0.387 e. The van der Waals surface area contributed by atoms with Crippen molar-refractivity contribution in [1.29, 1.82) is 0 Å². The third-order valence-electron chi connectivity index (χ3n) is 3.62. The lowest BCUT2D eigenvalue weighted by molar-refractivity contribution is 0.0302. The lowest BCUT2D eigenvalue weighted by atomic mass is 10.0. The number of aryl methyl sites for hydroxylation is 1. The van der Waals surface area contributed by atoms with E-state index in [0.29, 0.717) is 24.4 Å². The van der Waals surface area contributed by atoms with Gasteiger partial charge in [0.25, 0.3) is 0 Å². The molecule has 0 aliphatic carbocycles. The van der Waals surface area contributed by atoms with E-state index in [1.807, 2.05) is 25.1 Å². The smallest absolute Gasteiger partial charge is 0.243 e. The molecule has 2 rings (SSSR count). The molecule has 6 heteroatoms. The summed E-state index contributed by atoms with van der Waals surface area (Å²) in [6.07, 6.45) is 0.469. The van der Waals surface area contributed by atoms with Crippen LogP contribution < -0.4 is 0 Å². The van der Waals surface area contributed by atoms with E-state index in [4.69, 9.17) is 0 Å².